The number of hydrogen-bond acceptors (Lipinski definition) is 18. The molecular formula is C74H72O18. The highest BCUT2D eigenvalue weighted by molar-refractivity contribution is 5.91. The molecule has 0 radical (unpaired) electrons. The Hall–Kier alpha value is -8.76. The fourth-order valence-electron chi connectivity index (χ4n) is 11.2. The van der Waals surface area contributed by atoms with Crippen molar-refractivity contribution < 1.29 is 85.9 Å². The van der Waals surface area contributed by atoms with E-state index in [1.165, 1.54) is 36.4 Å². The lowest BCUT2D eigenvalue weighted by atomic mass is 9.95. The maximum Gasteiger partial charge on any atom is 0.338 e. The first-order valence-electron chi connectivity index (χ1n) is 30.6. The summed E-state index contributed by atoms with van der Waals surface area (Å²) >= 11 is 0. The van der Waals surface area contributed by atoms with Crippen molar-refractivity contribution in [2.24, 2.45) is 0 Å². The molecule has 92 heavy (non-hydrogen) atoms. The number of hydrogen-bond donors (Lipinski definition) is 1. The average Bonchev–Trinajstić information content (AvgIpc) is 0.814. The van der Waals surface area contributed by atoms with Gasteiger partial charge in [-0.15, -0.1) is 0 Å². The highest BCUT2D eigenvalue weighted by Gasteiger charge is 2.58. The van der Waals surface area contributed by atoms with E-state index in [4.69, 9.17) is 61.6 Å². The Morgan fingerprint density at radius 3 is 1.09 bits per heavy atom. The van der Waals surface area contributed by atoms with Crippen LogP contribution in [-0.2, 0) is 88.0 Å². The van der Waals surface area contributed by atoms with Crippen molar-refractivity contribution in [2.75, 3.05) is 6.61 Å². The molecule has 3 fully saturated rings. The summed E-state index contributed by atoms with van der Waals surface area (Å²) in [6.07, 6.45) is -21.3. The topological polar surface area (TPSA) is 208 Å². The van der Waals surface area contributed by atoms with Crippen LogP contribution < -0.4 is 0 Å². The number of aliphatic hydroxyl groups excluding tert-OH is 1. The Morgan fingerprint density at radius 1 is 0.326 bits per heavy atom. The maximum absolute atomic E-state index is 14.6. The lowest BCUT2D eigenvalue weighted by Crippen LogP contribution is -2.67. The van der Waals surface area contributed by atoms with Crippen LogP contribution in [0.3, 0.4) is 0 Å². The second-order valence-corrected chi connectivity index (χ2v) is 22.4. The van der Waals surface area contributed by atoms with Gasteiger partial charge in [0, 0.05) is 0 Å². The molecule has 0 spiro atoms. The summed E-state index contributed by atoms with van der Waals surface area (Å²) in [6.45, 7) is 3.64. The molecule has 0 unspecified atom stereocenters. The zero-order valence-electron chi connectivity index (χ0n) is 50.7. The third-order valence-corrected chi connectivity index (χ3v) is 15.9. The summed E-state index contributed by atoms with van der Waals surface area (Å²) in [6, 6.07) is 70.9. The molecule has 3 heterocycles. The number of carbonyl (C=O) groups excluding carboxylic acids is 4. The number of ether oxygens (including phenoxy) is 13. The minimum Gasteiger partial charge on any atom is -0.452 e. The van der Waals surface area contributed by atoms with Gasteiger partial charge < -0.3 is 66.7 Å². The Bertz CT molecular complexity index is 3560. The number of benzene rings is 8. The van der Waals surface area contributed by atoms with E-state index in [9.17, 15) is 24.3 Å². The van der Waals surface area contributed by atoms with Crippen molar-refractivity contribution >= 4 is 23.9 Å². The van der Waals surface area contributed by atoms with Gasteiger partial charge in [0.2, 0.25) is 0 Å². The van der Waals surface area contributed by atoms with Gasteiger partial charge in [-0.3, -0.25) is 0 Å². The number of esters is 4. The fourth-order valence-corrected chi connectivity index (χ4v) is 11.2. The normalized spacial score (nSPS) is 26.2. The zero-order valence-corrected chi connectivity index (χ0v) is 50.7. The molecule has 11 rings (SSSR count). The number of rotatable bonds is 25. The molecular weight excluding hydrogens is 1180 g/mol. The van der Waals surface area contributed by atoms with Crippen molar-refractivity contribution in [3.63, 3.8) is 0 Å². The maximum atomic E-state index is 14.6. The van der Waals surface area contributed by atoms with Crippen LogP contribution in [0.4, 0.5) is 0 Å². The van der Waals surface area contributed by atoms with Crippen molar-refractivity contribution in [1.29, 1.82) is 0 Å². The zero-order chi connectivity index (χ0) is 63.6. The van der Waals surface area contributed by atoms with Crippen LogP contribution in [0.5, 0.6) is 0 Å². The van der Waals surface area contributed by atoms with Gasteiger partial charge in [-0.1, -0.05) is 194 Å². The second-order valence-electron chi connectivity index (χ2n) is 22.4. The quantitative estimate of drug-likeness (QED) is 0.0417. The predicted octanol–water partition coefficient (Wildman–Crippen LogP) is 10.8. The molecule has 8 aromatic rings. The summed E-state index contributed by atoms with van der Waals surface area (Å²) in [5.74, 6) is -3.46. The lowest BCUT2D eigenvalue weighted by Gasteiger charge is -2.50. The fraction of sp³-hybridized carbons (Fsp3) is 0.297. The Kier molecular flexibility index (Phi) is 22.5. The van der Waals surface area contributed by atoms with Crippen LogP contribution >= 0.6 is 0 Å². The molecule has 0 aromatic heterocycles. The van der Waals surface area contributed by atoms with Crippen LogP contribution in [-0.4, -0.2) is 128 Å². The van der Waals surface area contributed by atoms with Gasteiger partial charge in [0.05, 0.1) is 67.5 Å². The van der Waals surface area contributed by atoms with Crippen molar-refractivity contribution in [3.05, 3.63) is 287 Å². The van der Waals surface area contributed by atoms with E-state index in [0.717, 1.165) is 22.3 Å². The molecule has 3 saturated heterocycles. The van der Waals surface area contributed by atoms with Crippen molar-refractivity contribution in [1.82, 2.24) is 0 Å². The third kappa shape index (κ3) is 16.8. The first-order valence-corrected chi connectivity index (χ1v) is 30.6. The Labute approximate surface area is 533 Å². The van der Waals surface area contributed by atoms with Gasteiger partial charge in [-0.05, 0) is 84.6 Å². The molecule has 18 heteroatoms. The first kappa shape index (κ1) is 64.8. The summed E-state index contributed by atoms with van der Waals surface area (Å²) in [4.78, 5) is 57.6. The molecule has 476 valence electrons. The van der Waals surface area contributed by atoms with Crippen LogP contribution in [0.25, 0.3) is 0 Å². The monoisotopic (exact) mass is 1250 g/mol. The minimum atomic E-state index is -1.91. The van der Waals surface area contributed by atoms with Gasteiger partial charge in [0.25, 0.3) is 0 Å². The molecule has 15 atom stereocenters. The van der Waals surface area contributed by atoms with Gasteiger partial charge in [0.15, 0.2) is 43.3 Å². The average molecular weight is 1250 g/mol. The molecule has 8 aromatic carbocycles. The summed E-state index contributed by atoms with van der Waals surface area (Å²) in [7, 11) is 0. The lowest BCUT2D eigenvalue weighted by molar-refractivity contribution is -0.384. The van der Waals surface area contributed by atoms with Gasteiger partial charge in [-0.2, -0.15) is 0 Å². The van der Waals surface area contributed by atoms with E-state index in [1.807, 2.05) is 121 Å². The van der Waals surface area contributed by atoms with E-state index in [2.05, 4.69) is 0 Å². The SMILES string of the molecule is C[C@@H]1O[C@@H](O)[C@H](OC(=O)c2ccccc2)[C@H](O[C@@H]2O[C@@H](C)[C@H](OC(=O)c3ccccc3)[C@@H](OC(=O)c3ccccc3)[C@H]2OC(=O)c2ccccc2)[C@H]1O[C@H]1O[C@H](COCc2ccccc2)[C@@H](OCc2ccccc2)[C@H](OCc2ccccc2)[C@H]1OCc1ccccc1. The molecule has 0 saturated carbocycles. The van der Waals surface area contributed by atoms with E-state index in [1.54, 1.807) is 98.8 Å². The van der Waals surface area contributed by atoms with Crippen molar-refractivity contribution in [3.8, 4) is 0 Å². The van der Waals surface area contributed by atoms with E-state index < -0.39 is 116 Å². The van der Waals surface area contributed by atoms with E-state index in [0.29, 0.717) is 0 Å². The molecule has 1 N–H and O–H groups in total. The Morgan fingerprint density at radius 2 is 0.652 bits per heavy atom. The summed E-state index contributed by atoms with van der Waals surface area (Å²) in [5, 5.41) is 12.2. The second kappa shape index (κ2) is 32.0. The molecule has 0 bridgehead atoms. The molecule has 18 nitrogen and oxygen atoms in total. The highest BCUT2D eigenvalue weighted by atomic mass is 16.8. The molecule has 3 aliphatic rings. The van der Waals surface area contributed by atoms with Gasteiger partial charge in [-0.25, -0.2) is 19.2 Å². The summed E-state index contributed by atoms with van der Waals surface area (Å²) in [5.41, 5.74) is 3.95. The van der Waals surface area contributed by atoms with Crippen molar-refractivity contribution in [2.45, 2.75) is 132 Å². The highest BCUT2D eigenvalue weighted by Crippen LogP contribution is 2.39. The molecule has 0 aliphatic carbocycles. The smallest absolute Gasteiger partial charge is 0.338 e. The van der Waals surface area contributed by atoms with Crippen LogP contribution in [0.2, 0.25) is 0 Å². The minimum absolute atomic E-state index is 0.0363. The van der Waals surface area contributed by atoms with E-state index >= 15 is 0 Å². The predicted molar refractivity (Wildman–Crippen MR) is 333 cm³/mol. The van der Waals surface area contributed by atoms with Crippen LogP contribution in [0.1, 0.15) is 77.5 Å². The molecule has 0 amide bonds. The Balaban J connectivity index is 1.01. The first-order chi connectivity index (χ1) is 45.0. The molecule has 3 aliphatic heterocycles. The number of carbonyl (C=O) groups is 4. The standard InChI is InChI=1S/C74H72O18/c1-48-60(91-73-66(83-46-53-33-17-6-18-34-53)62(82-45-52-31-15-5-16-32-52)61(81-44-51-29-13-4-14-30-51)58(86-73)47-80-43-50-27-11-3-12-28-50)63(65(72(79)84-48)89-70(77)56-39-23-9-24-40-56)92-74-67(90-71(78)57-41-25-10-26-42-57)64(88-69(76)55-37-21-8-22-38-55)59(49(2)85-74)87-68(75)54-35-19-7-20-36-54/h3-42,48-49,58-67,72-74,79H,43-47H2,1-2H3/t48-,49-,58+,59-,60-,61+,62-,63+,64+,65+,66+,67+,72+,73+,74-/m0/s1. The summed E-state index contributed by atoms with van der Waals surface area (Å²) < 4.78 is 87.4. The van der Waals surface area contributed by atoms with Crippen LogP contribution in [0.15, 0.2) is 243 Å². The number of aliphatic hydroxyl groups is 1. The van der Waals surface area contributed by atoms with Gasteiger partial charge >= 0.3 is 23.9 Å². The van der Waals surface area contributed by atoms with E-state index in [-0.39, 0.29) is 55.3 Å². The third-order valence-electron chi connectivity index (χ3n) is 15.9. The van der Waals surface area contributed by atoms with Gasteiger partial charge in [0.1, 0.15) is 36.6 Å². The van der Waals surface area contributed by atoms with Crippen LogP contribution in [0, 0.1) is 0 Å². The largest absolute Gasteiger partial charge is 0.452 e.